The van der Waals surface area contributed by atoms with Gasteiger partial charge in [-0.25, -0.2) is 4.39 Å². The van der Waals surface area contributed by atoms with Gasteiger partial charge in [-0.05, 0) is 34.9 Å². The number of halogens is 2. The Balaban J connectivity index is -0.000000509. The molecule has 0 radical (unpaired) electrons. The molecule has 1 fully saturated rings. The predicted molar refractivity (Wildman–Crippen MR) is 164 cm³/mol. The summed E-state index contributed by atoms with van der Waals surface area (Å²) in [5.41, 5.74) is 2.78. The number of hydrogen-bond acceptors (Lipinski definition) is 2. The van der Waals surface area contributed by atoms with Crippen molar-refractivity contribution in [2.75, 3.05) is 14.2 Å². The van der Waals surface area contributed by atoms with E-state index in [4.69, 9.17) is 5.41 Å². The third-order valence-electron chi connectivity index (χ3n) is 5.45. The van der Waals surface area contributed by atoms with Gasteiger partial charge >= 0.3 is 0 Å². The zero-order valence-corrected chi connectivity index (χ0v) is 24.7. The lowest BCUT2D eigenvalue weighted by molar-refractivity contribution is 0.336. The highest BCUT2D eigenvalue weighted by molar-refractivity contribution is 5.99. The van der Waals surface area contributed by atoms with Crippen LogP contribution in [0.3, 0.4) is 0 Å². The number of alkyl halides is 1. The molecule has 0 amide bonds. The molecule has 0 saturated heterocycles. The van der Waals surface area contributed by atoms with Crippen molar-refractivity contribution in [3.63, 3.8) is 0 Å². The zero-order valence-electron chi connectivity index (χ0n) is 24.7. The highest BCUT2D eigenvalue weighted by atomic mass is 19.1. The Morgan fingerprint density at radius 3 is 1.89 bits per heavy atom. The molecule has 1 aliphatic carbocycles. The molecule has 0 atom stereocenters. The summed E-state index contributed by atoms with van der Waals surface area (Å²) in [4.78, 5) is 0. The molecule has 0 aliphatic heterocycles. The van der Waals surface area contributed by atoms with Crippen LogP contribution in [0.5, 0.6) is 0 Å². The number of rotatable bonds is 7. The first-order valence-electron chi connectivity index (χ1n) is 13.7. The van der Waals surface area contributed by atoms with E-state index in [1.165, 1.54) is 51.0 Å². The zero-order chi connectivity index (χ0) is 28.9. The number of nitrogens with one attached hydrogen (secondary N) is 2. The van der Waals surface area contributed by atoms with E-state index in [1.54, 1.807) is 30.5 Å². The fourth-order valence-corrected chi connectivity index (χ4v) is 3.64. The summed E-state index contributed by atoms with van der Waals surface area (Å²) in [6, 6.07) is 14.1. The molecular weight excluding hydrogens is 462 g/mol. The van der Waals surface area contributed by atoms with Crippen LogP contribution in [0.25, 0.3) is 6.08 Å². The Bertz CT molecular complexity index is 776. The van der Waals surface area contributed by atoms with Gasteiger partial charge in [-0.1, -0.05) is 141 Å². The van der Waals surface area contributed by atoms with Crippen LogP contribution in [-0.2, 0) is 6.42 Å². The highest BCUT2D eigenvalue weighted by Gasteiger charge is 2.11. The molecule has 2 N–H and O–H groups in total. The molecule has 3 rings (SSSR count). The standard InChI is InChI=1S/C16H14FN.C9H18.C3H7N.2C2H6.CH3F/c1-2-12-7-9-13(10-8-12)16(18)11-14-5-3-4-6-15(14)17;1-2-6-9-7-4-3-5-8-9;1-3-4-2;3*1-2/h2-10,18H,1,11H2;9H,2-8H2,1H3;3-4H,1H2,2H3;2*1-2H3;1H3. The van der Waals surface area contributed by atoms with Crippen molar-refractivity contribution in [3.05, 3.63) is 90.4 Å². The number of hydrogen-bond donors (Lipinski definition) is 2. The summed E-state index contributed by atoms with van der Waals surface area (Å²) in [5, 5.41) is 10.7. The molecular formula is C33H54F2N2. The second kappa shape index (κ2) is 29.5. The molecule has 37 heavy (non-hydrogen) atoms. The molecule has 0 spiro atoms. The van der Waals surface area contributed by atoms with Crippen LogP contribution >= 0.6 is 0 Å². The first-order valence-corrected chi connectivity index (χ1v) is 13.7. The molecule has 2 nitrogen and oxygen atoms in total. The average Bonchev–Trinajstić information content (AvgIpc) is 2.98. The Labute approximate surface area is 227 Å². The van der Waals surface area contributed by atoms with E-state index in [0.29, 0.717) is 24.9 Å². The second-order valence-corrected chi connectivity index (χ2v) is 7.86. The molecule has 0 aromatic heterocycles. The predicted octanol–water partition coefficient (Wildman–Crippen LogP) is 10.4. The van der Waals surface area contributed by atoms with Gasteiger partial charge in [-0.15, -0.1) is 0 Å². The molecule has 2 aromatic carbocycles. The highest BCUT2D eigenvalue weighted by Crippen LogP contribution is 2.26. The summed E-state index contributed by atoms with van der Waals surface area (Å²) >= 11 is 0. The smallest absolute Gasteiger partial charge is 0.126 e. The van der Waals surface area contributed by atoms with E-state index in [1.807, 2.05) is 59.0 Å². The fraction of sp³-hybridized carbons (Fsp3) is 0.485. The Kier molecular flexibility index (Phi) is 30.9. The van der Waals surface area contributed by atoms with Crippen molar-refractivity contribution >= 4 is 11.8 Å². The van der Waals surface area contributed by atoms with Crippen LogP contribution in [-0.4, -0.2) is 19.9 Å². The van der Waals surface area contributed by atoms with E-state index in [0.717, 1.165) is 17.0 Å². The second-order valence-electron chi connectivity index (χ2n) is 7.86. The average molecular weight is 517 g/mol. The van der Waals surface area contributed by atoms with Gasteiger partial charge < -0.3 is 10.7 Å². The van der Waals surface area contributed by atoms with Crippen LogP contribution in [0.2, 0.25) is 0 Å². The van der Waals surface area contributed by atoms with Crippen molar-refractivity contribution in [2.24, 2.45) is 5.92 Å². The minimum absolute atomic E-state index is 0.259. The quantitative estimate of drug-likeness (QED) is 0.353. The minimum atomic E-state index is -0.259. The van der Waals surface area contributed by atoms with Gasteiger partial charge in [-0.2, -0.15) is 0 Å². The van der Waals surface area contributed by atoms with Crippen molar-refractivity contribution in [1.82, 2.24) is 5.32 Å². The monoisotopic (exact) mass is 516 g/mol. The minimum Gasteiger partial charge on any atom is -0.394 e. The fourth-order valence-electron chi connectivity index (χ4n) is 3.64. The summed E-state index contributed by atoms with van der Waals surface area (Å²) in [5.74, 6) is 0.841. The van der Waals surface area contributed by atoms with E-state index >= 15 is 0 Å². The maximum Gasteiger partial charge on any atom is 0.126 e. The van der Waals surface area contributed by atoms with Gasteiger partial charge in [0.15, 0.2) is 0 Å². The van der Waals surface area contributed by atoms with Gasteiger partial charge in [0.2, 0.25) is 0 Å². The van der Waals surface area contributed by atoms with E-state index < -0.39 is 0 Å². The SMILES string of the molecule is C=CNC.C=Cc1ccc(C(=N)Cc2ccccc2F)cc1.CC.CC.CCCC1CCCCC1.CF. The molecule has 0 bridgehead atoms. The van der Waals surface area contributed by atoms with E-state index in [2.05, 4.69) is 25.4 Å². The van der Waals surface area contributed by atoms with Gasteiger partial charge in [0.05, 0.1) is 7.18 Å². The van der Waals surface area contributed by atoms with Crippen molar-refractivity contribution in [3.8, 4) is 0 Å². The Morgan fingerprint density at radius 1 is 0.946 bits per heavy atom. The van der Waals surface area contributed by atoms with Gasteiger partial charge in [-0.3, -0.25) is 4.39 Å². The lowest BCUT2D eigenvalue weighted by Crippen LogP contribution is -2.05. The molecule has 1 saturated carbocycles. The van der Waals surface area contributed by atoms with Crippen molar-refractivity contribution in [2.45, 2.75) is 86.0 Å². The van der Waals surface area contributed by atoms with Crippen LogP contribution < -0.4 is 5.32 Å². The summed E-state index contributed by atoms with van der Waals surface area (Å²) in [6.45, 7) is 17.3. The van der Waals surface area contributed by atoms with Crippen molar-refractivity contribution < 1.29 is 8.78 Å². The van der Waals surface area contributed by atoms with E-state index in [9.17, 15) is 8.78 Å². The first-order chi connectivity index (χ1) is 18.0. The topological polar surface area (TPSA) is 35.9 Å². The normalized spacial score (nSPS) is 11.4. The maximum atomic E-state index is 13.5. The largest absolute Gasteiger partial charge is 0.394 e. The van der Waals surface area contributed by atoms with Crippen LogP contribution in [0.1, 0.15) is 96.3 Å². The molecule has 1 aliphatic rings. The number of benzene rings is 2. The lowest BCUT2D eigenvalue weighted by Gasteiger charge is -2.20. The van der Waals surface area contributed by atoms with Gasteiger partial charge in [0.1, 0.15) is 5.82 Å². The summed E-state index contributed by atoms with van der Waals surface area (Å²) in [6.07, 6.45) is 14.1. The van der Waals surface area contributed by atoms with Gasteiger partial charge in [0.25, 0.3) is 0 Å². The third-order valence-corrected chi connectivity index (χ3v) is 5.45. The Hall–Kier alpha value is -2.75. The summed E-state index contributed by atoms with van der Waals surface area (Å²) in [7, 11) is 2.31. The molecule has 2 aromatic rings. The first kappa shape index (κ1) is 38.8. The van der Waals surface area contributed by atoms with Crippen molar-refractivity contribution in [1.29, 1.82) is 5.41 Å². The molecule has 0 heterocycles. The maximum absolute atomic E-state index is 13.5. The molecule has 4 heteroatoms. The molecule has 210 valence electrons. The molecule has 0 unspecified atom stereocenters. The lowest BCUT2D eigenvalue weighted by atomic mass is 9.86. The van der Waals surface area contributed by atoms with Crippen LogP contribution in [0, 0.1) is 17.1 Å². The van der Waals surface area contributed by atoms with Crippen LogP contribution in [0.15, 0.2) is 67.9 Å². The van der Waals surface area contributed by atoms with E-state index in [-0.39, 0.29) is 5.82 Å². The Morgan fingerprint density at radius 2 is 1.46 bits per heavy atom. The summed E-state index contributed by atoms with van der Waals surface area (Å²) < 4.78 is 23.0. The third kappa shape index (κ3) is 20.0. The van der Waals surface area contributed by atoms with Crippen LogP contribution in [0.4, 0.5) is 8.78 Å². The van der Waals surface area contributed by atoms with Gasteiger partial charge in [0, 0.05) is 19.2 Å².